The van der Waals surface area contributed by atoms with Gasteiger partial charge in [0.2, 0.25) is 15.2 Å². The lowest BCUT2D eigenvalue weighted by molar-refractivity contribution is 0.224. The normalized spacial score (nSPS) is 18.7. The first-order chi connectivity index (χ1) is 14.3. The molecular formula is C23H20ClNO3S2. The minimum Gasteiger partial charge on any atom is -0.461 e. The van der Waals surface area contributed by atoms with Gasteiger partial charge in [0.05, 0.1) is 4.90 Å². The second-order valence-corrected chi connectivity index (χ2v) is 10.7. The Morgan fingerprint density at radius 3 is 2.03 bits per heavy atom. The molecule has 1 aliphatic rings. The first-order valence-corrected chi connectivity index (χ1v) is 12.1. The molecule has 0 spiro atoms. The number of hydrogen-bond acceptors (Lipinski definition) is 5. The van der Waals surface area contributed by atoms with Crippen LogP contribution in [0.25, 0.3) is 0 Å². The standard InChI is InChI=1S/C23H20ClNO3S2/c1-15-3-11-19(12-4-15)29-23-25-22(21(28-23)17-7-9-18(24)10-8-17)30(26,27)20-13-5-16(2)6-14-20/h3-14,21-22H,1-2H3/t21-,22-/m1/s1. The number of aliphatic imine (C=N–C) groups is 1. The van der Waals surface area contributed by atoms with Crippen molar-refractivity contribution in [1.82, 2.24) is 0 Å². The zero-order valence-electron chi connectivity index (χ0n) is 16.4. The maximum atomic E-state index is 13.4. The van der Waals surface area contributed by atoms with Gasteiger partial charge in [-0.05, 0) is 67.6 Å². The van der Waals surface area contributed by atoms with Crippen molar-refractivity contribution >= 4 is 38.4 Å². The lowest BCUT2D eigenvalue weighted by Gasteiger charge is -2.18. The first-order valence-electron chi connectivity index (χ1n) is 9.38. The maximum Gasteiger partial charge on any atom is 0.252 e. The number of nitrogens with zero attached hydrogens (tertiary/aromatic N) is 1. The summed E-state index contributed by atoms with van der Waals surface area (Å²) < 4.78 is 32.9. The van der Waals surface area contributed by atoms with Crippen LogP contribution >= 0.6 is 23.4 Å². The molecule has 30 heavy (non-hydrogen) atoms. The van der Waals surface area contributed by atoms with E-state index in [-0.39, 0.29) is 4.90 Å². The third-order valence-electron chi connectivity index (χ3n) is 4.81. The maximum absolute atomic E-state index is 13.4. The van der Waals surface area contributed by atoms with Crippen LogP contribution in [-0.2, 0) is 14.6 Å². The number of aryl methyl sites for hydroxylation is 2. The van der Waals surface area contributed by atoms with Crippen LogP contribution in [0.3, 0.4) is 0 Å². The van der Waals surface area contributed by atoms with Crippen LogP contribution in [0.15, 0.2) is 87.6 Å². The number of thioether (sulfide) groups is 1. The summed E-state index contributed by atoms with van der Waals surface area (Å²) in [5, 5.41) is -0.168. The molecule has 3 aromatic rings. The van der Waals surface area contributed by atoms with Gasteiger partial charge in [0.1, 0.15) is 0 Å². The number of ether oxygens (including phenoxy) is 1. The molecular weight excluding hydrogens is 438 g/mol. The predicted octanol–water partition coefficient (Wildman–Crippen LogP) is 5.98. The van der Waals surface area contributed by atoms with E-state index in [4.69, 9.17) is 16.3 Å². The van der Waals surface area contributed by atoms with Gasteiger partial charge in [0.25, 0.3) is 5.23 Å². The number of rotatable bonds is 4. The molecule has 4 nitrogen and oxygen atoms in total. The Hall–Kier alpha value is -2.28. The van der Waals surface area contributed by atoms with Crippen LogP contribution in [0.4, 0.5) is 0 Å². The smallest absolute Gasteiger partial charge is 0.252 e. The van der Waals surface area contributed by atoms with Gasteiger partial charge in [-0.3, -0.25) is 0 Å². The molecule has 0 N–H and O–H groups in total. The molecule has 154 valence electrons. The van der Waals surface area contributed by atoms with Gasteiger partial charge in [-0.2, -0.15) is 0 Å². The Balaban J connectivity index is 1.71. The van der Waals surface area contributed by atoms with Crippen LogP contribution in [-0.4, -0.2) is 19.0 Å². The molecule has 2 atom stereocenters. The average molecular weight is 458 g/mol. The van der Waals surface area contributed by atoms with E-state index in [9.17, 15) is 8.42 Å². The van der Waals surface area contributed by atoms with Gasteiger partial charge in [-0.1, -0.05) is 59.1 Å². The highest BCUT2D eigenvalue weighted by atomic mass is 35.5. The summed E-state index contributed by atoms with van der Waals surface area (Å²) >= 11 is 7.33. The minimum absolute atomic E-state index is 0.228. The molecule has 0 fully saturated rings. The van der Waals surface area contributed by atoms with E-state index in [1.54, 1.807) is 48.5 Å². The molecule has 0 unspecified atom stereocenters. The van der Waals surface area contributed by atoms with Crippen LogP contribution in [0.2, 0.25) is 5.02 Å². The second-order valence-electron chi connectivity index (χ2n) is 7.15. The Bertz CT molecular complexity index is 1170. The fourth-order valence-electron chi connectivity index (χ4n) is 3.11. The summed E-state index contributed by atoms with van der Waals surface area (Å²) in [5.41, 5.74) is 2.85. The summed E-state index contributed by atoms with van der Waals surface area (Å²) in [6, 6.07) is 21.7. The lowest BCUT2D eigenvalue weighted by atomic mass is 10.1. The van der Waals surface area contributed by atoms with Crippen molar-refractivity contribution in [2.45, 2.75) is 35.1 Å². The van der Waals surface area contributed by atoms with Crippen molar-refractivity contribution in [2.24, 2.45) is 4.99 Å². The summed E-state index contributed by atoms with van der Waals surface area (Å²) in [6.07, 6.45) is -0.749. The fourth-order valence-corrected chi connectivity index (χ4v) is 5.66. The van der Waals surface area contributed by atoms with E-state index in [1.807, 2.05) is 38.1 Å². The number of halogens is 1. The highest BCUT2D eigenvalue weighted by Crippen LogP contribution is 2.39. The van der Waals surface area contributed by atoms with E-state index in [1.165, 1.54) is 11.8 Å². The van der Waals surface area contributed by atoms with Crippen molar-refractivity contribution < 1.29 is 13.2 Å². The molecule has 1 heterocycles. The van der Waals surface area contributed by atoms with Crippen molar-refractivity contribution in [2.75, 3.05) is 0 Å². The summed E-state index contributed by atoms with van der Waals surface area (Å²) in [5.74, 6) is 0. The molecule has 4 rings (SSSR count). The predicted molar refractivity (Wildman–Crippen MR) is 122 cm³/mol. The SMILES string of the molecule is Cc1ccc(SC2=N[C@H](S(=O)(=O)c3ccc(C)cc3)[C@@H](c3ccc(Cl)cc3)O2)cc1. The fraction of sp³-hybridized carbons (Fsp3) is 0.174. The van der Waals surface area contributed by atoms with Gasteiger partial charge in [-0.25, -0.2) is 13.4 Å². The van der Waals surface area contributed by atoms with Crippen molar-refractivity contribution in [3.8, 4) is 0 Å². The van der Waals surface area contributed by atoms with Crippen LogP contribution in [0.1, 0.15) is 22.8 Å². The zero-order valence-corrected chi connectivity index (χ0v) is 18.8. The van der Waals surface area contributed by atoms with Gasteiger partial charge in [-0.15, -0.1) is 0 Å². The number of sulfone groups is 1. The molecule has 0 amide bonds. The highest BCUT2D eigenvalue weighted by Gasteiger charge is 2.42. The van der Waals surface area contributed by atoms with Gasteiger partial charge in [0.15, 0.2) is 6.10 Å². The summed E-state index contributed by atoms with van der Waals surface area (Å²) in [7, 11) is -3.75. The Kier molecular flexibility index (Phi) is 5.91. The quantitative estimate of drug-likeness (QED) is 0.483. The van der Waals surface area contributed by atoms with Crippen LogP contribution in [0.5, 0.6) is 0 Å². The zero-order chi connectivity index (χ0) is 21.3. The molecule has 7 heteroatoms. The lowest BCUT2D eigenvalue weighted by Crippen LogP contribution is -2.24. The molecule has 0 aliphatic carbocycles. The molecule has 3 aromatic carbocycles. The van der Waals surface area contributed by atoms with E-state index in [0.717, 1.165) is 16.0 Å². The topological polar surface area (TPSA) is 55.7 Å². The van der Waals surface area contributed by atoms with E-state index < -0.39 is 21.3 Å². The molecule has 0 saturated carbocycles. The number of hydrogen-bond donors (Lipinski definition) is 0. The first kappa shape index (κ1) is 21.0. The van der Waals surface area contributed by atoms with E-state index >= 15 is 0 Å². The van der Waals surface area contributed by atoms with Crippen molar-refractivity contribution in [1.29, 1.82) is 0 Å². The largest absolute Gasteiger partial charge is 0.461 e. The number of benzene rings is 3. The third-order valence-corrected chi connectivity index (χ3v) is 7.87. The van der Waals surface area contributed by atoms with Gasteiger partial charge < -0.3 is 4.74 Å². The highest BCUT2D eigenvalue weighted by molar-refractivity contribution is 8.13. The minimum atomic E-state index is -3.75. The molecule has 0 bridgehead atoms. The van der Waals surface area contributed by atoms with Crippen molar-refractivity contribution in [3.63, 3.8) is 0 Å². The summed E-state index contributed by atoms with van der Waals surface area (Å²) in [4.78, 5) is 5.65. The van der Waals surface area contributed by atoms with E-state index in [2.05, 4.69) is 4.99 Å². The molecule has 0 radical (unpaired) electrons. The molecule has 0 saturated heterocycles. The molecule has 0 aromatic heterocycles. The van der Waals surface area contributed by atoms with Crippen LogP contribution in [0, 0.1) is 13.8 Å². The van der Waals surface area contributed by atoms with E-state index in [0.29, 0.717) is 15.8 Å². The molecule has 1 aliphatic heterocycles. The van der Waals surface area contributed by atoms with Crippen LogP contribution < -0.4 is 0 Å². The second kappa shape index (κ2) is 8.46. The van der Waals surface area contributed by atoms with Gasteiger partial charge in [0, 0.05) is 9.92 Å². The summed E-state index contributed by atoms with van der Waals surface area (Å²) in [6.45, 7) is 3.93. The van der Waals surface area contributed by atoms with Crippen molar-refractivity contribution in [3.05, 3.63) is 94.5 Å². The third kappa shape index (κ3) is 4.41. The Morgan fingerprint density at radius 2 is 1.43 bits per heavy atom. The van der Waals surface area contributed by atoms with Gasteiger partial charge >= 0.3 is 0 Å². The Labute approximate surface area is 185 Å². The Morgan fingerprint density at radius 1 is 0.867 bits per heavy atom. The average Bonchev–Trinajstić information content (AvgIpc) is 3.15. The monoisotopic (exact) mass is 457 g/mol.